The third-order valence-electron chi connectivity index (χ3n) is 4.60. The molecule has 0 saturated carbocycles. The Balaban J connectivity index is 2.15. The van der Waals surface area contributed by atoms with Gasteiger partial charge in [0.1, 0.15) is 5.75 Å². The number of hydrogen-bond acceptors (Lipinski definition) is 4. The van der Waals surface area contributed by atoms with Crippen LogP contribution < -0.4 is 10.1 Å². The molecule has 0 aromatic heterocycles. The summed E-state index contributed by atoms with van der Waals surface area (Å²) < 4.78 is 5.21. The lowest BCUT2D eigenvalue weighted by atomic mass is 9.74. The minimum Gasteiger partial charge on any atom is -0.497 e. The van der Waals surface area contributed by atoms with Gasteiger partial charge >= 0.3 is 0 Å². The molecule has 1 N–H and O–H groups in total. The number of Topliss-reactive ketones (excluding diaryl/α,β-unsaturated/α-hetero) is 2. The molecule has 1 aromatic rings. The van der Waals surface area contributed by atoms with Gasteiger partial charge in [0.25, 0.3) is 0 Å². The number of ketones is 2. The van der Waals surface area contributed by atoms with E-state index in [2.05, 4.69) is 5.32 Å². The van der Waals surface area contributed by atoms with Gasteiger partial charge in [0.05, 0.1) is 7.11 Å². The summed E-state index contributed by atoms with van der Waals surface area (Å²) in [5.41, 5.74) is 4.23. The number of methoxy groups -OCH3 is 1. The van der Waals surface area contributed by atoms with Crippen molar-refractivity contribution in [2.75, 3.05) is 7.11 Å². The average Bonchev–Trinajstić information content (AvgIpc) is 2.53. The summed E-state index contributed by atoms with van der Waals surface area (Å²) in [6, 6.07) is 7.63. The van der Waals surface area contributed by atoms with E-state index in [0.717, 1.165) is 41.1 Å². The SMILES string of the molecule is COc1ccc(C2C(C(C)=O)=C(C)NC3=C2C(=O)CCC3)cc1. The van der Waals surface area contributed by atoms with Crippen LogP contribution in [-0.2, 0) is 9.59 Å². The molecular formula is C19H21NO3. The lowest BCUT2D eigenvalue weighted by molar-refractivity contribution is -0.116. The first-order valence-electron chi connectivity index (χ1n) is 7.92. The summed E-state index contributed by atoms with van der Waals surface area (Å²) >= 11 is 0. The van der Waals surface area contributed by atoms with E-state index in [9.17, 15) is 9.59 Å². The van der Waals surface area contributed by atoms with Crippen LogP contribution in [0.2, 0.25) is 0 Å². The smallest absolute Gasteiger partial charge is 0.161 e. The standard InChI is InChI=1S/C19H21NO3/c1-11-17(12(2)21)18(13-7-9-14(23-3)10-8-13)19-15(20-11)5-4-6-16(19)22/h7-10,18,20H,4-6H2,1-3H3. The maximum absolute atomic E-state index is 12.6. The molecule has 1 aromatic carbocycles. The molecule has 1 heterocycles. The van der Waals surface area contributed by atoms with Crippen molar-refractivity contribution in [2.45, 2.75) is 39.0 Å². The summed E-state index contributed by atoms with van der Waals surface area (Å²) in [5.74, 6) is 0.631. The Morgan fingerprint density at radius 2 is 1.91 bits per heavy atom. The molecule has 1 aliphatic heterocycles. The highest BCUT2D eigenvalue weighted by Crippen LogP contribution is 2.42. The van der Waals surface area contributed by atoms with E-state index in [1.165, 1.54) is 0 Å². The van der Waals surface area contributed by atoms with Crippen LogP contribution in [-0.4, -0.2) is 18.7 Å². The summed E-state index contributed by atoms with van der Waals surface area (Å²) in [4.78, 5) is 24.8. The largest absolute Gasteiger partial charge is 0.497 e. The first-order valence-corrected chi connectivity index (χ1v) is 7.92. The lowest BCUT2D eigenvalue weighted by Crippen LogP contribution is -2.33. The molecule has 120 valence electrons. The van der Waals surface area contributed by atoms with Crippen LogP contribution in [0.5, 0.6) is 5.75 Å². The predicted molar refractivity (Wildman–Crippen MR) is 88.1 cm³/mol. The normalized spacial score (nSPS) is 21.0. The van der Waals surface area contributed by atoms with Gasteiger partial charge in [0.15, 0.2) is 11.6 Å². The number of rotatable bonds is 3. The Morgan fingerprint density at radius 3 is 2.52 bits per heavy atom. The number of nitrogens with one attached hydrogen (secondary N) is 1. The van der Waals surface area contributed by atoms with E-state index in [-0.39, 0.29) is 17.5 Å². The molecule has 4 heteroatoms. The quantitative estimate of drug-likeness (QED) is 0.931. The maximum atomic E-state index is 12.6. The fraction of sp³-hybridized carbons (Fsp3) is 0.368. The number of carbonyl (C=O) groups is 2. The van der Waals surface area contributed by atoms with E-state index in [0.29, 0.717) is 12.0 Å². The Hall–Kier alpha value is -2.36. The topological polar surface area (TPSA) is 55.4 Å². The summed E-state index contributed by atoms with van der Waals surface area (Å²) in [6.07, 6.45) is 2.27. The third-order valence-corrected chi connectivity index (χ3v) is 4.60. The second kappa shape index (κ2) is 6.03. The molecule has 0 bridgehead atoms. The second-order valence-electron chi connectivity index (χ2n) is 6.09. The van der Waals surface area contributed by atoms with Gasteiger partial charge in [-0.05, 0) is 44.4 Å². The molecule has 1 aliphatic carbocycles. The van der Waals surface area contributed by atoms with E-state index in [4.69, 9.17) is 4.74 Å². The van der Waals surface area contributed by atoms with Crippen LogP contribution >= 0.6 is 0 Å². The van der Waals surface area contributed by atoms with E-state index in [1.54, 1.807) is 14.0 Å². The zero-order valence-electron chi connectivity index (χ0n) is 13.7. The van der Waals surface area contributed by atoms with Crippen molar-refractivity contribution in [3.8, 4) is 5.75 Å². The molecule has 0 amide bonds. The van der Waals surface area contributed by atoms with Crippen LogP contribution in [0.25, 0.3) is 0 Å². The molecule has 0 spiro atoms. The van der Waals surface area contributed by atoms with Gasteiger partial charge in [-0.3, -0.25) is 9.59 Å². The zero-order chi connectivity index (χ0) is 16.6. The van der Waals surface area contributed by atoms with Crippen LogP contribution in [0.1, 0.15) is 44.6 Å². The van der Waals surface area contributed by atoms with Crippen molar-refractivity contribution in [2.24, 2.45) is 0 Å². The summed E-state index contributed by atoms with van der Waals surface area (Å²) in [6.45, 7) is 3.48. The van der Waals surface area contributed by atoms with Crippen molar-refractivity contribution in [1.29, 1.82) is 0 Å². The molecular weight excluding hydrogens is 290 g/mol. The maximum Gasteiger partial charge on any atom is 0.161 e. The average molecular weight is 311 g/mol. The van der Waals surface area contributed by atoms with E-state index >= 15 is 0 Å². The summed E-state index contributed by atoms with van der Waals surface area (Å²) in [5, 5.41) is 3.30. The minimum absolute atomic E-state index is 0.000687. The molecule has 0 fully saturated rings. The number of ether oxygens (including phenoxy) is 1. The predicted octanol–water partition coefficient (Wildman–Crippen LogP) is 3.25. The molecule has 1 atom stereocenters. The van der Waals surface area contributed by atoms with Crippen LogP contribution in [0.3, 0.4) is 0 Å². The van der Waals surface area contributed by atoms with Crippen LogP contribution in [0.4, 0.5) is 0 Å². The van der Waals surface area contributed by atoms with Crippen LogP contribution in [0, 0.1) is 0 Å². The van der Waals surface area contributed by atoms with Gasteiger partial charge in [-0.1, -0.05) is 12.1 Å². The van der Waals surface area contributed by atoms with Gasteiger partial charge < -0.3 is 10.1 Å². The molecule has 2 aliphatic rings. The zero-order valence-corrected chi connectivity index (χ0v) is 13.7. The molecule has 0 radical (unpaired) electrons. The van der Waals surface area contributed by atoms with Gasteiger partial charge in [-0.15, -0.1) is 0 Å². The molecule has 0 saturated heterocycles. The number of hydrogen-bond donors (Lipinski definition) is 1. The van der Waals surface area contributed by atoms with Crippen molar-refractivity contribution in [3.63, 3.8) is 0 Å². The highest BCUT2D eigenvalue weighted by atomic mass is 16.5. The van der Waals surface area contributed by atoms with Gasteiger partial charge in [0.2, 0.25) is 0 Å². The number of allylic oxidation sites excluding steroid dienone is 4. The van der Waals surface area contributed by atoms with Crippen molar-refractivity contribution in [3.05, 3.63) is 52.4 Å². The number of benzene rings is 1. The monoisotopic (exact) mass is 311 g/mol. The van der Waals surface area contributed by atoms with Crippen molar-refractivity contribution < 1.29 is 14.3 Å². The van der Waals surface area contributed by atoms with Crippen molar-refractivity contribution in [1.82, 2.24) is 5.32 Å². The highest BCUT2D eigenvalue weighted by Gasteiger charge is 2.37. The van der Waals surface area contributed by atoms with Crippen LogP contribution in [0.15, 0.2) is 46.8 Å². The molecule has 1 unspecified atom stereocenters. The third kappa shape index (κ3) is 2.69. The Kier molecular flexibility index (Phi) is 4.07. The first kappa shape index (κ1) is 15.5. The van der Waals surface area contributed by atoms with E-state index in [1.807, 2.05) is 31.2 Å². The van der Waals surface area contributed by atoms with Gasteiger partial charge in [0, 0.05) is 34.9 Å². The number of dihydropyridines is 1. The summed E-state index contributed by atoms with van der Waals surface area (Å²) in [7, 11) is 1.62. The molecule has 4 nitrogen and oxygen atoms in total. The second-order valence-corrected chi connectivity index (χ2v) is 6.09. The van der Waals surface area contributed by atoms with Crippen molar-refractivity contribution >= 4 is 11.6 Å². The fourth-order valence-corrected chi connectivity index (χ4v) is 3.58. The van der Waals surface area contributed by atoms with Gasteiger partial charge in [-0.25, -0.2) is 0 Å². The molecule has 23 heavy (non-hydrogen) atoms. The Morgan fingerprint density at radius 1 is 1.22 bits per heavy atom. The molecule has 3 rings (SSSR count). The van der Waals surface area contributed by atoms with Gasteiger partial charge in [-0.2, -0.15) is 0 Å². The minimum atomic E-state index is -0.276. The highest BCUT2D eigenvalue weighted by molar-refractivity contribution is 6.05. The Bertz CT molecular complexity index is 725. The first-order chi connectivity index (χ1) is 11.0. The number of carbonyl (C=O) groups excluding carboxylic acids is 2. The van der Waals surface area contributed by atoms with E-state index < -0.39 is 0 Å². The Labute approximate surface area is 136 Å². The fourth-order valence-electron chi connectivity index (χ4n) is 3.58. The lowest BCUT2D eigenvalue weighted by Gasteiger charge is -2.34.